The van der Waals surface area contributed by atoms with Gasteiger partial charge in [0, 0.05) is 5.56 Å². The van der Waals surface area contributed by atoms with E-state index < -0.39 is 11.0 Å². The molecule has 0 saturated carbocycles. The molecule has 2 N–H and O–H groups in total. The van der Waals surface area contributed by atoms with E-state index in [1.807, 2.05) is 6.07 Å². The normalized spacial score (nSPS) is 12.6. The second kappa shape index (κ2) is 4.89. The molecule has 1 unspecified atom stereocenters. The van der Waals surface area contributed by atoms with Crippen LogP contribution in [0, 0.1) is 10.1 Å². The third kappa shape index (κ3) is 2.59. The summed E-state index contributed by atoms with van der Waals surface area (Å²) in [5, 5.41) is 10.5. The highest BCUT2D eigenvalue weighted by atomic mass is 79.9. The molecule has 0 aromatic carbocycles. The summed E-state index contributed by atoms with van der Waals surface area (Å²) in [6.45, 7) is 0. The first-order valence-electron chi connectivity index (χ1n) is 4.43. The maximum atomic E-state index is 10.5. The molecule has 2 heterocycles. The Labute approximate surface area is 117 Å². The highest BCUT2D eigenvalue weighted by Gasteiger charge is 2.21. The first-order chi connectivity index (χ1) is 7.99. The van der Waals surface area contributed by atoms with E-state index in [-0.39, 0.29) is 5.88 Å². The van der Waals surface area contributed by atoms with E-state index in [0.717, 1.165) is 13.1 Å². The Bertz CT molecular complexity index is 566. The van der Waals surface area contributed by atoms with Crippen molar-refractivity contribution in [2.45, 2.75) is 6.04 Å². The van der Waals surface area contributed by atoms with Crippen LogP contribution in [0.15, 0.2) is 30.2 Å². The average molecular weight is 382 g/mol. The monoisotopic (exact) mass is 380 g/mol. The summed E-state index contributed by atoms with van der Waals surface area (Å²) in [5.41, 5.74) is 6.81. The Morgan fingerprint density at radius 2 is 2.18 bits per heavy atom. The van der Waals surface area contributed by atoms with Gasteiger partial charge in [-0.25, -0.2) is 0 Å². The zero-order chi connectivity index (χ0) is 12.6. The minimum atomic E-state index is -0.588. The molecule has 0 amide bonds. The summed E-state index contributed by atoms with van der Waals surface area (Å²) in [4.78, 5) is 9.91. The Morgan fingerprint density at radius 1 is 1.47 bits per heavy atom. The lowest BCUT2D eigenvalue weighted by Gasteiger charge is -2.06. The third-order valence-electron chi connectivity index (χ3n) is 2.12. The lowest BCUT2D eigenvalue weighted by Crippen LogP contribution is -2.10. The van der Waals surface area contributed by atoms with Crippen molar-refractivity contribution in [1.29, 1.82) is 0 Å². The molecule has 0 aliphatic rings. The molecule has 1 atom stereocenters. The van der Waals surface area contributed by atoms with Gasteiger partial charge in [0.1, 0.15) is 10.7 Å². The Kier molecular flexibility index (Phi) is 3.67. The maximum Gasteiger partial charge on any atom is 0.433 e. The van der Waals surface area contributed by atoms with Crippen LogP contribution in [0.3, 0.4) is 0 Å². The van der Waals surface area contributed by atoms with Crippen LogP contribution in [0.5, 0.6) is 0 Å². The molecule has 0 spiro atoms. The number of thiophene rings is 1. The van der Waals surface area contributed by atoms with Crippen LogP contribution in [-0.4, -0.2) is 4.92 Å². The first-order valence-corrected chi connectivity index (χ1v) is 6.83. The fourth-order valence-electron chi connectivity index (χ4n) is 1.33. The van der Waals surface area contributed by atoms with Crippen molar-refractivity contribution in [1.82, 2.24) is 0 Å². The maximum absolute atomic E-state index is 10.5. The van der Waals surface area contributed by atoms with Crippen molar-refractivity contribution < 1.29 is 9.34 Å². The molecule has 8 heteroatoms. The molecular formula is C9H6Br2N2O3S. The fourth-order valence-corrected chi connectivity index (χ4v) is 4.25. The summed E-state index contributed by atoms with van der Waals surface area (Å²) >= 11 is 8.21. The van der Waals surface area contributed by atoms with Gasteiger partial charge in [-0.2, -0.15) is 0 Å². The van der Waals surface area contributed by atoms with E-state index in [4.69, 9.17) is 10.2 Å². The van der Waals surface area contributed by atoms with Gasteiger partial charge < -0.3 is 10.2 Å². The molecule has 2 aromatic rings. The highest BCUT2D eigenvalue weighted by molar-refractivity contribution is 9.12. The van der Waals surface area contributed by atoms with Crippen LogP contribution in [0.4, 0.5) is 5.88 Å². The van der Waals surface area contributed by atoms with E-state index in [1.165, 1.54) is 23.5 Å². The van der Waals surface area contributed by atoms with Crippen LogP contribution in [0.25, 0.3) is 0 Å². The van der Waals surface area contributed by atoms with Crippen LogP contribution < -0.4 is 5.73 Å². The molecule has 5 nitrogen and oxygen atoms in total. The molecule has 0 bridgehead atoms. The second-order valence-corrected chi connectivity index (χ2v) is 6.94. The number of furan rings is 1. The molecular weight excluding hydrogens is 376 g/mol. The zero-order valence-corrected chi connectivity index (χ0v) is 12.2. The van der Waals surface area contributed by atoms with Gasteiger partial charge in [0.15, 0.2) is 0 Å². The van der Waals surface area contributed by atoms with Crippen molar-refractivity contribution in [2.75, 3.05) is 0 Å². The molecule has 0 radical (unpaired) electrons. The van der Waals surface area contributed by atoms with Crippen molar-refractivity contribution in [2.24, 2.45) is 5.73 Å². The molecule has 2 rings (SSSR count). The second-order valence-electron chi connectivity index (χ2n) is 3.19. The van der Waals surface area contributed by atoms with Crippen molar-refractivity contribution in [3.63, 3.8) is 0 Å². The third-order valence-corrected chi connectivity index (χ3v) is 4.50. The zero-order valence-electron chi connectivity index (χ0n) is 8.22. The fraction of sp³-hybridized carbons (Fsp3) is 0.111. The van der Waals surface area contributed by atoms with Crippen LogP contribution in [-0.2, 0) is 0 Å². The molecule has 0 saturated heterocycles. The van der Waals surface area contributed by atoms with Crippen molar-refractivity contribution >= 4 is 49.1 Å². The minimum Gasteiger partial charge on any atom is -0.404 e. The van der Waals surface area contributed by atoms with E-state index in [9.17, 15) is 10.1 Å². The Hall–Kier alpha value is -0.700. The van der Waals surface area contributed by atoms with Crippen LogP contribution in [0.1, 0.15) is 17.4 Å². The number of nitrogens with zero attached hydrogens (tertiary/aromatic N) is 1. The summed E-state index contributed by atoms with van der Waals surface area (Å²) in [5.74, 6) is 0.0589. The van der Waals surface area contributed by atoms with Gasteiger partial charge in [-0.15, -0.1) is 11.3 Å². The standard InChI is InChI=1S/C9H6Br2N2O3S/c10-6-3-4(9(11)17-6)8(12)5-1-2-7(16-5)13(14)15/h1-3,8H,12H2. The van der Waals surface area contributed by atoms with Gasteiger partial charge in [-0.3, -0.25) is 10.1 Å². The molecule has 0 aliphatic heterocycles. The van der Waals surface area contributed by atoms with Crippen LogP contribution in [0.2, 0.25) is 0 Å². The van der Waals surface area contributed by atoms with Gasteiger partial charge in [-0.1, -0.05) is 0 Å². The number of nitro groups is 1. The first kappa shape index (κ1) is 12.7. The predicted molar refractivity (Wildman–Crippen MR) is 71.1 cm³/mol. The van der Waals surface area contributed by atoms with E-state index in [1.54, 1.807) is 0 Å². The Morgan fingerprint density at radius 3 is 2.65 bits per heavy atom. The lowest BCUT2D eigenvalue weighted by atomic mass is 10.1. The molecule has 2 aromatic heterocycles. The molecule has 0 fully saturated rings. The topological polar surface area (TPSA) is 82.3 Å². The number of rotatable bonds is 3. The van der Waals surface area contributed by atoms with E-state index in [0.29, 0.717) is 5.76 Å². The van der Waals surface area contributed by atoms with Gasteiger partial charge >= 0.3 is 5.88 Å². The highest BCUT2D eigenvalue weighted by Crippen LogP contribution is 2.37. The average Bonchev–Trinajstić information content (AvgIpc) is 2.84. The summed E-state index contributed by atoms with van der Waals surface area (Å²) < 4.78 is 6.87. The van der Waals surface area contributed by atoms with Crippen LogP contribution >= 0.6 is 43.2 Å². The van der Waals surface area contributed by atoms with E-state index in [2.05, 4.69) is 31.9 Å². The summed E-state index contributed by atoms with van der Waals surface area (Å²) in [6, 6.07) is 4.14. The van der Waals surface area contributed by atoms with Gasteiger partial charge in [0.05, 0.1) is 19.7 Å². The largest absolute Gasteiger partial charge is 0.433 e. The number of hydrogen-bond donors (Lipinski definition) is 1. The molecule has 17 heavy (non-hydrogen) atoms. The van der Waals surface area contributed by atoms with Crippen molar-refractivity contribution in [3.8, 4) is 0 Å². The number of halogens is 2. The van der Waals surface area contributed by atoms with Gasteiger partial charge in [0.2, 0.25) is 0 Å². The summed E-state index contributed by atoms with van der Waals surface area (Å²) in [7, 11) is 0. The Balaban J connectivity index is 2.33. The van der Waals surface area contributed by atoms with Crippen molar-refractivity contribution in [3.05, 3.63) is 47.2 Å². The number of nitrogens with two attached hydrogens (primary N) is 1. The SMILES string of the molecule is NC(c1ccc([N+](=O)[O-])o1)c1cc(Br)sc1Br. The number of hydrogen-bond acceptors (Lipinski definition) is 5. The smallest absolute Gasteiger partial charge is 0.404 e. The molecule has 0 aliphatic carbocycles. The molecule has 90 valence electrons. The summed E-state index contributed by atoms with van der Waals surface area (Å²) in [6.07, 6.45) is 0. The van der Waals surface area contributed by atoms with Gasteiger partial charge in [-0.05, 0) is 44.0 Å². The predicted octanol–water partition coefficient (Wildman–Crippen LogP) is 3.82. The minimum absolute atomic E-state index is 0.305. The lowest BCUT2D eigenvalue weighted by molar-refractivity contribution is -0.402. The quantitative estimate of drug-likeness (QED) is 0.647. The van der Waals surface area contributed by atoms with Gasteiger partial charge in [0.25, 0.3) is 0 Å². The van der Waals surface area contributed by atoms with E-state index >= 15 is 0 Å².